The molecule has 0 radical (unpaired) electrons. The zero-order valence-electron chi connectivity index (χ0n) is 14.0. The van der Waals surface area contributed by atoms with E-state index in [1.165, 1.54) is 30.6 Å². The average molecular weight is 353 g/mol. The number of benzene rings is 2. The molecular formula is C19H16FN3O3. The topological polar surface area (TPSA) is 73.1 Å². The summed E-state index contributed by atoms with van der Waals surface area (Å²) in [6.07, 6.45) is 2.68. The molecule has 1 amide bonds. The van der Waals surface area contributed by atoms with Crippen LogP contribution in [0.15, 0.2) is 70.5 Å². The van der Waals surface area contributed by atoms with Crippen molar-refractivity contribution in [2.75, 3.05) is 5.32 Å². The van der Waals surface area contributed by atoms with Gasteiger partial charge >= 0.3 is 11.1 Å². The van der Waals surface area contributed by atoms with Crippen LogP contribution in [0.1, 0.15) is 5.56 Å². The predicted octanol–water partition coefficient (Wildman–Crippen LogP) is 2.09. The van der Waals surface area contributed by atoms with Gasteiger partial charge in [-0.05, 0) is 36.8 Å². The summed E-state index contributed by atoms with van der Waals surface area (Å²) in [6.45, 7) is 1.41. The van der Waals surface area contributed by atoms with Gasteiger partial charge in [0.1, 0.15) is 12.4 Å². The number of carbonyl (C=O) groups is 1. The monoisotopic (exact) mass is 353 g/mol. The third-order valence-electron chi connectivity index (χ3n) is 3.86. The maximum Gasteiger partial charge on any atom is 0.320 e. The largest absolute Gasteiger partial charge is 0.325 e. The van der Waals surface area contributed by atoms with E-state index in [9.17, 15) is 18.8 Å². The highest BCUT2D eigenvalue weighted by molar-refractivity contribution is 5.90. The maximum absolute atomic E-state index is 13.5. The van der Waals surface area contributed by atoms with Crippen LogP contribution in [0.4, 0.5) is 10.1 Å². The fourth-order valence-electron chi connectivity index (χ4n) is 2.54. The molecule has 0 saturated carbocycles. The lowest BCUT2D eigenvalue weighted by atomic mass is 10.2. The smallest absolute Gasteiger partial charge is 0.320 e. The predicted molar refractivity (Wildman–Crippen MR) is 96.1 cm³/mol. The number of aromatic nitrogens is 2. The van der Waals surface area contributed by atoms with Gasteiger partial charge in [0.05, 0.1) is 5.69 Å². The molecular weight excluding hydrogens is 337 g/mol. The fourth-order valence-corrected chi connectivity index (χ4v) is 2.54. The molecule has 0 fully saturated rings. The molecule has 3 aromatic rings. The number of nitrogens with one attached hydrogen (secondary N) is 1. The molecule has 0 aliphatic carbocycles. The summed E-state index contributed by atoms with van der Waals surface area (Å²) in [7, 11) is 0. The Balaban J connectivity index is 1.88. The van der Waals surface area contributed by atoms with E-state index in [0.717, 1.165) is 9.13 Å². The summed E-state index contributed by atoms with van der Waals surface area (Å²) in [6, 6.07) is 12.8. The second-order valence-corrected chi connectivity index (χ2v) is 5.75. The van der Waals surface area contributed by atoms with Gasteiger partial charge in [-0.15, -0.1) is 0 Å². The first-order chi connectivity index (χ1) is 12.5. The molecule has 1 heterocycles. The van der Waals surface area contributed by atoms with Crippen LogP contribution in [0, 0.1) is 12.7 Å². The molecule has 26 heavy (non-hydrogen) atoms. The number of aryl methyl sites for hydroxylation is 1. The molecule has 0 aliphatic rings. The first kappa shape index (κ1) is 17.3. The van der Waals surface area contributed by atoms with Crippen LogP contribution < -0.4 is 16.4 Å². The Hall–Kier alpha value is -3.48. The summed E-state index contributed by atoms with van der Waals surface area (Å²) in [4.78, 5) is 36.7. The lowest BCUT2D eigenvalue weighted by Crippen LogP contribution is -2.41. The van der Waals surface area contributed by atoms with Crippen LogP contribution in [0.2, 0.25) is 0 Å². The number of carbonyl (C=O) groups excluding carboxylic acids is 1. The van der Waals surface area contributed by atoms with Crippen molar-refractivity contribution in [1.29, 1.82) is 0 Å². The van der Waals surface area contributed by atoms with Gasteiger partial charge in [0.15, 0.2) is 0 Å². The zero-order valence-corrected chi connectivity index (χ0v) is 14.0. The van der Waals surface area contributed by atoms with Crippen molar-refractivity contribution < 1.29 is 9.18 Å². The lowest BCUT2D eigenvalue weighted by molar-refractivity contribution is -0.116. The molecule has 0 bridgehead atoms. The Morgan fingerprint density at radius 3 is 2.50 bits per heavy atom. The minimum atomic E-state index is -0.862. The molecule has 0 spiro atoms. The average Bonchev–Trinajstić information content (AvgIpc) is 2.62. The van der Waals surface area contributed by atoms with Gasteiger partial charge in [0.25, 0.3) is 0 Å². The van der Waals surface area contributed by atoms with Gasteiger partial charge in [-0.1, -0.05) is 24.3 Å². The van der Waals surface area contributed by atoms with E-state index in [0.29, 0.717) is 11.3 Å². The van der Waals surface area contributed by atoms with Crippen molar-refractivity contribution in [1.82, 2.24) is 9.13 Å². The highest BCUT2D eigenvalue weighted by atomic mass is 19.1. The highest BCUT2D eigenvalue weighted by Crippen LogP contribution is 2.13. The summed E-state index contributed by atoms with van der Waals surface area (Å²) in [5.41, 5.74) is -0.192. The second-order valence-electron chi connectivity index (χ2n) is 5.75. The number of para-hydroxylation sites is 1. The number of hydrogen-bond acceptors (Lipinski definition) is 3. The molecule has 132 valence electrons. The lowest BCUT2D eigenvalue weighted by Gasteiger charge is -2.11. The van der Waals surface area contributed by atoms with Crippen LogP contribution in [-0.4, -0.2) is 15.0 Å². The number of hydrogen-bond donors (Lipinski definition) is 1. The zero-order chi connectivity index (χ0) is 18.7. The first-order valence-corrected chi connectivity index (χ1v) is 7.89. The third-order valence-corrected chi connectivity index (χ3v) is 3.86. The molecule has 0 unspecified atom stereocenters. The van der Waals surface area contributed by atoms with E-state index in [4.69, 9.17) is 0 Å². The van der Waals surface area contributed by atoms with Crippen LogP contribution in [0.25, 0.3) is 5.69 Å². The van der Waals surface area contributed by atoms with Crippen LogP contribution in [0.3, 0.4) is 0 Å². The van der Waals surface area contributed by atoms with Crippen molar-refractivity contribution in [2.45, 2.75) is 13.5 Å². The standard InChI is InChI=1S/C19H16FN3O3/c1-13-7-8-14(20)11-16(13)23-10-9-22(18(25)19(23)26)12-17(24)21-15-5-3-2-4-6-15/h2-11H,12H2,1H3,(H,21,24). The molecule has 7 heteroatoms. The number of amides is 1. The number of halogens is 1. The van der Waals surface area contributed by atoms with Crippen molar-refractivity contribution in [2.24, 2.45) is 0 Å². The van der Waals surface area contributed by atoms with Crippen LogP contribution in [0.5, 0.6) is 0 Å². The van der Waals surface area contributed by atoms with E-state index >= 15 is 0 Å². The normalized spacial score (nSPS) is 10.5. The number of anilines is 1. The van der Waals surface area contributed by atoms with Crippen molar-refractivity contribution in [3.8, 4) is 5.69 Å². The van der Waals surface area contributed by atoms with E-state index < -0.39 is 22.8 Å². The van der Waals surface area contributed by atoms with Crippen molar-refractivity contribution in [3.05, 3.63) is 93.0 Å². The second kappa shape index (κ2) is 7.18. The SMILES string of the molecule is Cc1ccc(F)cc1-n1ccn(CC(=O)Nc2ccccc2)c(=O)c1=O. The Bertz CT molecular complexity index is 1070. The quantitative estimate of drug-likeness (QED) is 0.730. The van der Waals surface area contributed by atoms with Gasteiger partial charge < -0.3 is 5.32 Å². The molecule has 2 aromatic carbocycles. The molecule has 0 saturated heterocycles. The minimum Gasteiger partial charge on any atom is -0.325 e. The van der Waals surface area contributed by atoms with Crippen LogP contribution >= 0.6 is 0 Å². The van der Waals surface area contributed by atoms with Crippen molar-refractivity contribution in [3.63, 3.8) is 0 Å². The first-order valence-electron chi connectivity index (χ1n) is 7.89. The van der Waals surface area contributed by atoms with Gasteiger partial charge in [0, 0.05) is 18.1 Å². The highest BCUT2D eigenvalue weighted by Gasteiger charge is 2.12. The van der Waals surface area contributed by atoms with E-state index in [-0.39, 0.29) is 12.2 Å². The van der Waals surface area contributed by atoms with E-state index in [1.807, 2.05) is 6.07 Å². The van der Waals surface area contributed by atoms with E-state index in [1.54, 1.807) is 31.2 Å². The maximum atomic E-state index is 13.5. The number of nitrogens with zero attached hydrogens (tertiary/aromatic N) is 2. The fraction of sp³-hybridized carbons (Fsp3) is 0.105. The van der Waals surface area contributed by atoms with Gasteiger partial charge in [0.2, 0.25) is 5.91 Å². The van der Waals surface area contributed by atoms with Crippen molar-refractivity contribution >= 4 is 11.6 Å². The molecule has 0 aliphatic heterocycles. The minimum absolute atomic E-state index is 0.285. The molecule has 3 rings (SSSR count). The van der Waals surface area contributed by atoms with E-state index in [2.05, 4.69) is 5.32 Å². The summed E-state index contributed by atoms with van der Waals surface area (Å²) in [5, 5.41) is 2.64. The summed E-state index contributed by atoms with van der Waals surface area (Å²) in [5.74, 6) is -0.943. The summed E-state index contributed by atoms with van der Waals surface area (Å²) >= 11 is 0. The van der Waals surface area contributed by atoms with Gasteiger partial charge in [-0.2, -0.15) is 0 Å². The molecule has 1 aromatic heterocycles. The molecule has 1 N–H and O–H groups in total. The Kier molecular flexibility index (Phi) is 4.79. The Labute approximate surface area is 148 Å². The number of rotatable bonds is 4. The third kappa shape index (κ3) is 3.61. The summed E-state index contributed by atoms with van der Waals surface area (Å²) < 4.78 is 15.6. The molecule has 0 atom stereocenters. The Morgan fingerprint density at radius 2 is 1.77 bits per heavy atom. The van der Waals surface area contributed by atoms with Gasteiger partial charge in [-0.25, -0.2) is 4.39 Å². The molecule has 6 nitrogen and oxygen atoms in total. The Morgan fingerprint density at radius 1 is 1.04 bits per heavy atom. The van der Waals surface area contributed by atoms with Crippen LogP contribution in [-0.2, 0) is 11.3 Å². The van der Waals surface area contributed by atoms with Gasteiger partial charge in [-0.3, -0.25) is 23.5 Å².